The number of benzene rings is 2. The van der Waals surface area contributed by atoms with Gasteiger partial charge < -0.3 is 5.32 Å². The van der Waals surface area contributed by atoms with Crippen LogP contribution in [0.3, 0.4) is 0 Å². The topological polar surface area (TPSA) is 24.9 Å². The molecule has 1 aromatic heterocycles. The summed E-state index contributed by atoms with van der Waals surface area (Å²) in [6, 6.07) is 18.8. The number of nitrogens with zero attached hydrogens (tertiary/aromatic N) is 1. The van der Waals surface area contributed by atoms with Gasteiger partial charge in [-0.15, -0.1) is 0 Å². The molecule has 0 spiro atoms. The molecule has 2 aromatic carbocycles. The minimum absolute atomic E-state index is 0.773. The molecule has 0 amide bonds. The van der Waals surface area contributed by atoms with Gasteiger partial charge in [0.2, 0.25) is 0 Å². The van der Waals surface area contributed by atoms with Gasteiger partial charge in [0, 0.05) is 11.0 Å². The van der Waals surface area contributed by atoms with Gasteiger partial charge in [-0.3, -0.25) is 0 Å². The van der Waals surface area contributed by atoms with Crippen molar-refractivity contribution in [1.29, 1.82) is 0 Å². The molecular weight excluding hydrogens is 312 g/mol. The Labute approximate surface area is 127 Å². The Morgan fingerprint density at radius 1 is 1.00 bits per heavy atom. The van der Waals surface area contributed by atoms with Crippen molar-refractivity contribution in [2.75, 3.05) is 5.32 Å². The first-order valence-corrected chi connectivity index (χ1v) is 7.37. The molecule has 2 nitrogen and oxygen atoms in total. The first-order valence-electron chi connectivity index (χ1n) is 6.58. The van der Waals surface area contributed by atoms with Gasteiger partial charge in [0.1, 0.15) is 5.82 Å². The molecule has 0 bridgehead atoms. The maximum atomic E-state index is 4.51. The lowest BCUT2D eigenvalue weighted by Gasteiger charge is -2.09. The van der Waals surface area contributed by atoms with Crippen molar-refractivity contribution in [2.45, 2.75) is 13.5 Å². The molecule has 0 aliphatic heterocycles. The highest BCUT2D eigenvalue weighted by Gasteiger charge is 2.02. The Bertz CT molecular complexity index is 748. The summed E-state index contributed by atoms with van der Waals surface area (Å²) in [6.45, 7) is 2.77. The van der Waals surface area contributed by atoms with E-state index in [-0.39, 0.29) is 0 Å². The molecule has 100 valence electrons. The van der Waals surface area contributed by atoms with E-state index >= 15 is 0 Å². The summed E-state index contributed by atoms with van der Waals surface area (Å²) < 4.78 is 1.04. The van der Waals surface area contributed by atoms with E-state index in [0.717, 1.165) is 22.5 Å². The smallest absolute Gasteiger partial charge is 0.126 e. The number of halogens is 1. The highest BCUT2D eigenvalue weighted by Crippen LogP contribution is 2.20. The van der Waals surface area contributed by atoms with Crippen molar-refractivity contribution < 1.29 is 0 Å². The molecule has 0 radical (unpaired) electrons. The second-order valence-electron chi connectivity index (χ2n) is 4.76. The van der Waals surface area contributed by atoms with Gasteiger partial charge >= 0.3 is 0 Å². The van der Waals surface area contributed by atoms with Gasteiger partial charge in [-0.25, -0.2) is 4.98 Å². The van der Waals surface area contributed by atoms with Crippen LogP contribution in [-0.2, 0) is 6.54 Å². The Kier molecular flexibility index (Phi) is 3.70. The standard InChI is InChI=1S/C17H15BrN2/c1-12-16(18)9-10-17(20-12)19-11-14-7-4-6-13-5-2-3-8-15(13)14/h2-10H,11H2,1H3,(H,19,20). The van der Waals surface area contributed by atoms with Crippen LogP contribution in [0.1, 0.15) is 11.3 Å². The summed E-state index contributed by atoms with van der Waals surface area (Å²) in [4.78, 5) is 4.51. The molecule has 1 heterocycles. The second-order valence-corrected chi connectivity index (χ2v) is 5.61. The fourth-order valence-electron chi connectivity index (χ4n) is 2.27. The quantitative estimate of drug-likeness (QED) is 0.739. The zero-order valence-corrected chi connectivity index (χ0v) is 12.8. The van der Waals surface area contributed by atoms with Crippen molar-refractivity contribution in [2.24, 2.45) is 0 Å². The Hall–Kier alpha value is -1.87. The van der Waals surface area contributed by atoms with Crippen LogP contribution < -0.4 is 5.32 Å². The molecule has 3 heteroatoms. The van der Waals surface area contributed by atoms with E-state index in [1.807, 2.05) is 19.1 Å². The van der Waals surface area contributed by atoms with Gasteiger partial charge in [0.15, 0.2) is 0 Å². The van der Waals surface area contributed by atoms with Crippen LogP contribution in [0.25, 0.3) is 10.8 Å². The molecule has 0 aliphatic rings. The van der Waals surface area contributed by atoms with E-state index in [0.29, 0.717) is 0 Å². The van der Waals surface area contributed by atoms with E-state index in [2.05, 4.69) is 68.7 Å². The van der Waals surface area contributed by atoms with E-state index in [1.165, 1.54) is 16.3 Å². The Balaban J connectivity index is 1.85. The fraction of sp³-hybridized carbons (Fsp3) is 0.118. The first-order chi connectivity index (χ1) is 9.74. The molecule has 0 saturated carbocycles. The summed E-state index contributed by atoms with van der Waals surface area (Å²) in [5.74, 6) is 0.902. The normalized spacial score (nSPS) is 10.7. The molecular formula is C17H15BrN2. The van der Waals surface area contributed by atoms with Crippen molar-refractivity contribution >= 4 is 32.5 Å². The monoisotopic (exact) mass is 326 g/mol. The minimum atomic E-state index is 0.773. The molecule has 3 rings (SSSR count). The van der Waals surface area contributed by atoms with Crippen LogP contribution in [0.2, 0.25) is 0 Å². The van der Waals surface area contributed by atoms with Crippen LogP contribution in [0.5, 0.6) is 0 Å². The van der Waals surface area contributed by atoms with E-state index in [1.54, 1.807) is 0 Å². The number of nitrogens with one attached hydrogen (secondary N) is 1. The lowest BCUT2D eigenvalue weighted by Crippen LogP contribution is -2.02. The third-order valence-corrected chi connectivity index (χ3v) is 4.20. The largest absolute Gasteiger partial charge is 0.366 e. The van der Waals surface area contributed by atoms with Crippen molar-refractivity contribution in [3.63, 3.8) is 0 Å². The van der Waals surface area contributed by atoms with E-state index < -0.39 is 0 Å². The molecule has 20 heavy (non-hydrogen) atoms. The number of pyridine rings is 1. The maximum Gasteiger partial charge on any atom is 0.126 e. The van der Waals surface area contributed by atoms with Crippen LogP contribution >= 0.6 is 15.9 Å². The lowest BCUT2D eigenvalue weighted by atomic mass is 10.0. The van der Waals surface area contributed by atoms with Crippen molar-refractivity contribution in [3.8, 4) is 0 Å². The first kappa shape index (κ1) is 13.1. The van der Waals surface area contributed by atoms with Gasteiger partial charge in [-0.1, -0.05) is 42.5 Å². The average molecular weight is 327 g/mol. The average Bonchev–Trinajstić information content (AvgIpc) is 2.48. The van der Waals surface area contributed by atoms with Crippen LogP contribution in [0, 0.1) is 6.92 Å². The van der Waals surface area contributed by atoms with Crippen LogP contribution in [0.15, 0.2) is 59.1 Å². The molecule has 0 unspecified atom stereocenters. The number of aromatic nitrogens is 1. The minimum Gasteiger partial charge on any atom is -0.366 e. The number of anilines is 1. The SMILES string of the molecule is Cc1nc(NCc2cccc3ccccc23)ccc1Br. The summed E-state index contributed by atoms with van der Waals surface area (Å²) in [5.41, 5.74) is 2.28. The zero-order chi connectivity index (χ0) is 13.9. The summed E-state index contributed by atoms with van der Waals surface area (Å²) in [5, 5.41) is 5.95. The van der Waals surface area contributed by atoms with Crippen molar-refractivity contribution in [1.82, 2.24) is 4.98 Å². The van der Waals surface area contributed by atoms with Gasteiger partial charge in [-0.05, 0) is 51.3 Å². The molecule has 0 atom stereocenters. The molecule has 1 N–H and O–H groups in total. The third kappa shape index (κ3) is 2.68. The third-order valence-electron chi connectivity index (χ3n) is 3.36. The predicted molar refractivity (Wildman–Crippen MR) is 87.9 cm³/mol. The van der Waals surface area contributed by atoms with E-state index in [9.17, 15) is 0 Å². The zero-order valence-electron chi connectivity index (χ0n) is 11.2. The van der Waals surface area contributed by atoms with E-state index in [4.69, 9.17) is 0 Å². The molecule has 0 fully saturated rings. The lowest BCUT2D eigenvalue weighted by molar-refractivity contribution is 1.09. The van der Waals surface area contributed by atoms with Crippen LogP contribution in [-0.4, -0.2) is 4.98 Å². The Morgan fingerprint density at radius 3 is 2.65 bits per heavy atom. The predicted octanol–water partition coefficient (Wildman–Crippen LogP) is 4.92. The number of aryl methyl sites for hydroxylation is 1. The number of fused-ring (bicyclic) bond motifs is 1. The molecule has 0 aliphatic carbocycles. The fourth-order valence-corrected chi connectivity index (χ4v) is 2.50. The molecule has 0 saturated heterocycles. The van der Waals surface area contributed by atoms with Gasteiger partial charge in [0.05, 0.1) is 5.69 Å². The second kappa shape index (κ2) is 5.63. The summed E-state index contributed by atoms with van der Waals surface area (Å²) in [7, 11) is 0. The van der Waals surface area contributed by atoms with Crippen LogP contribution in [0.4, 0.5) is 5.82 Å². The number of rotatable bonds is 3. The number of hydrogen-bond acceptors (Lipinski definition) is 2. The summed E-state index contributed by atoms with van der Waals surface area (Å²) >= 11 is 3.47. The van der Waals surface area contributed by atoms with Gasteiger partial charge in [0.25, 0.3) is 0 Å². The van der Waals surface area contributed by atoms with Gasteiger partial charge in [-0.2, -0.15) is 0 Å². The summed E-state index contributed by atoms with van der Waals surface area (Å²) in [6.07, 6.45) is 0. The maximum absolute atomic E-state index is 4.51. The highest BCUT2D eigenvalue weighted by molar-refractivity contribution is 9.10. The van der Waals surface area contributed by atoms with Crippen molar-refractivity contribution in [3.05, 3.63) is 70.3 Å². The Morgan fingerprint density at radius 2 is 1.80 bits per heavy atom. The molecule has 3 aromatic rings. The highest BCUT2D eigenvalue weighted by atomic mass is 79.9. The number of hydrogen-bond donors (Lipinski definition) is 1.